The smallest absolute Gasteiger partial charge is 0.253 e. The third-order valence-electron chi connectivity index (χ3n) is 7.62. The summed E-state index contributed by atoms with van der Waals surface area (Å²) in [5.74, 6) is 1.55. The minimum Gasteiger partial charge on any atom is -0.369 e. The second-order valence-corrected chi connectivity index (χ2v) is 11.1. The molecule has 4 nitrogen and oxygen atoms in total. The number of hydrogen-bond acceptors (Lipinski definition) is 3. The Labute approximate surface area is 191 Å². The second kappa shape index (κ2) is 10.4. The summed E-state index contributed by atoms with van der Waals surface area (Å²) in [7, 11) is 3.69. The summed E-state index contributed by atoms with van der Waals surface area (Å²) in [6.07, 6.45) is 7.72. The first-order valence-corrected chi connectivity index (χ1v) is 12.5. The molecular formula is C27H45N3O. The number of carbonyl (C=O) groups is 1. The number of nitrogens with zero attached hydrogens (tertiary/aromatic N) is 3. The Kier molecular flexibility index (Phi) is 8.07. The van der Waals surface area contributed by atoms with E-state index in [2.05, 4.69) is 55.7 Å². The molecule has 0 bridgehead atoms. The number of unbranched alkanes of at least 4 members (excludes halogenated alkanes) is 1. The number of anilines is 1. The average molecular weight is 428 g/mol. The highest BCUT2D eigenvalue weighted by Gasteiger charge is 2.32. The van der Waals surface area contributed by atoms with Crippen LogP contribution in [-0.4, -0.2) is 62.5 Å². The van der Waals surface area contributed by atoms with E-state index in [9.17, 15) is 4.79 Å². The topological polar surface area (TPSA) is 26.8 Å². The Morgan fingerprint density at radius 1 is 1.03 bits per heavy atom. The van der Waals surface area contributed by atoms with E-state index in [4.69, 9.17) is 0 Å². The fourth-order valence-electron chi connectivity index (χ4n) is 5.42. The minimum atomic E-state index is 0.103. The Morgan fingerprint density at radius 3 is 2.23 bits per heavy atom. The molecule has 1 saturated heterocycles. The summed E-state index contributed by atoms with van der Waals surface area (Å²) < 4.78 is 0. The average Bonchev–Trinajstić information content (AvgIpc) is 2.76. The van der Waals surface area contributed by atoms with Crippen LogP contribution >= 0.6 is 0 Å². The van der Waals surface area contributed by atoms with Crippen LogP contribution in [0.15, 0.2) is 18.2 Å². The third-order valence-corrected chi connectivity index (χ3v) is 7.62. The van der Waals surface area contributed by atoms with Crippen molar-refractivity contribution in [2.45, 2.75) is 72.1 Å². The number of hydrogen-bond donors (Lipinski definition) is 0. The van der Waals surface area contributed by atoms with E-state index in [1.807, 2.05) is 14.1 Å². The minimum absolute atomic E-state index is 0.103. The maximum Gasteiger partial charge on any atom is 0.253 e. The number of amides is 1. The van der Waals surface area contributed by atoms with Gasteiger partial charge in [0.15, 0.2) is 0 Å². The zero-order valence-electron chi connectivity index (χ0n) is 20.9. The summed E-state index contributed by atoms with van der Waals surface area (Å²) in [5.41, 5.74) is 4.03. The quantitative estimate of drug-likeness (QED) is 0.588. The maximum absolute atomic E-state index is 12.7. The molecule has 1 aliphatic carbocycles. The highest BCUT2D eigenvalue weighted by molar-refractivity contribution is 5.95. The van der Waals surface area contributed by atoms with Crippen molar-refractivity contribution < 1.29 is 4.79 Å². The fraction of sp³-hybridized carbons (Fsp3) is 0.741. The van der Waals surface area contributed by atoms with E-state index < -0.39 is 0 Å². The highest BCUT2D eigenvalue weighted by Crippen LogP contribution is 2.45. The van der Waals surface area contributed by atoms with E-state index in [0.29, 0.717) is 11.3 Å². The summed E-state index contributed by atoms with van der Waals surface area (Å²) in [6, 6.07) is 6.53. The summed E-state index contributed by atoms with van der Waals surface area (Å²) in [5, 5.41) is 0. The zero-order valence-corrected chi connectivity index (χ0v) is 20.9. The van der Waals surface area contributed by atoms with Gasteiger partial charge in [-0.25, -0.2) is 0 Å². The first-order chi connectivity index (χ1) is 14.7. The van der Waals surface area contributed by atoms with Gasteiger partial charge in [-0.2, -0.15) is 0 Å². The number of benzene rings is 1. The van der Waals surface area contributed by atoms with E-state index in [1.54, 1.807) is 4.90 Å². The molecule has 4 heteroatoms. The van der Waals surface area contributed by atoms with Crippen molar-refractivity contribution in [2.24, 2.45) is 11.3 Å². The Hall–Kier alpha value is -1.55. The zero-order chi connectivity index (χ0) is 22.6. The van der Waals surface area contributed by atoms with Gasteiger partial charge in [0, 0.05) is 51.5 Å². The van der Waals surface area contributed by atoms with Crippen molar-refractivity contribution in [3.63, 3.8) is 0 Å². The Morgan fingerprint density at radius 2 is 1.68 bits per heavy atom. The maximum atomic E-state index is 12.7. The van der Waals surface area contributed by atoms with Crippen molar-refractivity contribution in [2.75, 3.05) is 51.7 Å². The van der Waals surface area contributed by atoms with Gasteiger partial charge in [-0.3, -0.25) is 9.69 Å². The van der Waals surface area contributed by atoms with E-state index in [-0.39, 0.29) is 5.91 Å². The molecule has 1 saturated carbocycles. The third kappa shape index (κ3) is 6.03. The summed E-state index contributed by atoms with van der Waals surface area (Å²) in [6.45, 7) is 15.0. The molecule has 0 N–H and O–H groups in total. The van der Waals surface area contributed by atoms with Gasteiger partial charge in [0.2, 0.25) is 0 Å². The summed E-state index contributed by atoms with van der Waals surface area (Å²) >= 11 is 0. The predicted octanol–water partition coefficient (Wildman–Crippen LogP) is 5.63. The lowest BCUT2D eigenvalue weighted by molar-refractivity contribution is 0.0827. The van der Waals surface area contributed by atoms with Gasteiger partial charge in [0.1, 0.15) is 0 Å². The number of piperazine rings is 1. The Bertz CT molecular complexity index is 720. The van der Waals surface area contributed by atoms with Gasteiger partial charge in [-0.15, -0.1) is 0 Å². The predicted molar refractivity (Wildman–Crippen MR) is 132 cm³/mol. The molecule has 2 fully saturated rings. The molecule has 1 aromatic carbocycles. The molecule has 0 aromatic heterocycles. The monoisotopic (exact) mass is 427 g/mol. The van der Waals surface area contributed by atoms with E-state index in [1.165, 1.54) is 56.3 Å². The normalized spacial score (nSPS) is 23.1. The van der Waals surface area contributed by atoms with Gasteiger partial charge in [0.25, 0.3) is 5.91 Å². The lowest BCUT2D eigenvalue weighted by Gasteiger charge is -2.40. The standard InChI is InChI=1S/C27H45N3O/c1-7-8-15-29-16-18-30(19-17-29)25-20-22(26(31)28(5)6)11-14-24(25)21-9-12-23(13-10-21)27(2,3)4/h11,14,20-21,23H,7-10,12-13,15-19H2,1-6H3. The molecule has 0 radical (unpaired) electrons. The first-order valence-electron chi connectivity index (χ1n) is 12.5. The molecule has 1 amide bonds. The van der Waals surface area contributed by atoms with Crippen LogP contribution in [0.1, 0.15) is 88.1 Å². The molecular weight excluding hydrogens is 382 g/mol. The van der Waals surface area contributed by atoms with Gasteiger partial charge >= 0.3 is 0 Å². The SMILES string of the molecule is CCCCN1CCN(c2cc(C(=O)N(C)C)ccc2C2CCC(C(C)(C)C)CC2)CC1. The van der Waals surface area contributed by atoms with Gasteiger partial charge in [0.05, 0.1) is 0 Å². The van der Waals surface area contributed by atoms with Crippen LogP contribution in [0.25, 0.3) is 0 Å². The highest BCUT2D eigenvalue weighted by atomic mass is 16.2. The van der Waals surface area contributed by atoms with Gasteiger partial charge < -0.3 is 9.80 Å². The van der Waals surface area contributed by atoms with Crippen molar-refractivity contribution >= 4 is 11.6 Å². The molecule has 31 heavy (non-hydrogen) atoms. The van der Waals surface area contributed by atoms with E-state index >= 15 is 0 Å². The number of carbonyl (C=O) groups excluding carboxylic acids is 1. The Balaban J connectivity index is 1.80. The van der Waals surface area contributed by atoms with Crippen molar-refractivity contribution in [1.29, 1.82) is 0 Å². The van der Waals surface area contributed by atoms with Crippen LogP contribution in [0.2, 0.25) is 0 Å². The largest absolute Gasteiger partial charge is 0.369 e. The first kappa shape index (κ1) is 24.1. The molecule has 0 atom stereocenters. The molecule has 1 aromatic rings. The van der Waals surface area contributed by atoms with Crippen LogP contribution in [0.3, 0.4) is 0 Å². The number of rotatable bonds is 6. The van der Waals surface area contributed by atoms with E-state index in [0.717, 1.165) is 37.7 Å². The van der Waals surface area contributed by atoms with Gasteiger partial charge in [-0.1, -0.05) is 40.2 Å². The van der Waals surface area contributed by atoms with Crippen molar-refractivity contribution in [3.05, 3.63) is 29.3 Å². The van der Waals surface area contributed by atoms with Crippen LogP contribution in [0, 0.1) is 11.3 Å². The van der Waals surface area contributed by atoms with Crippen LogP contribution in [0.4, 0.5) is 5.69 Å². The lowest BCUT2D eigenvalue weighted by atomic mass is 9.68. The van der Waals surface area contributed by atoms with Crippen LogP contribution < -0.4 is 4.90 Å². The fourth-order valence-corrected chi connectivity index (χ4v) is 5.42. The molecule has 0 unspecified atom stereocenters. The van der Waals surface area contributed by atoms with Crippen LogP contribution in [0.5, 0.6) is 0 Å². The molecule has 3 rings (SSSR count). The molecule has 1 heterocycles. The molecule has 174 valence electrons. The lowest BCUT2D eigenvalue weighted by Crippen LogP contribution is -2.47. The molecule has 0 spiro atoms. The second-order valence-electron chi connectivity index (χ2n) is 11.1. The molecule has 1 aliphatic heterocycles. The van der Waals surface area contributed by atoms with Gasteiger partial charge in [-0.05, 0) is 73.6 Å². The summed E-state index contributed by atoms with van der Waals surface area (Å²) in [4.78, 5) is 19.5. The van der Waals surface area contributed by atoms with Crippen molar-refractivity contribution in [1.82, 2.24) is 9.80 Å². The molecule has 2 aliphatic rings. The van der Waals surface area contributed by atoms with Crippen LogP contribution in [-0.2, 0) is 0 Å². The van der Waals surface area contributed by atoms with Crippen molar-refractivity contribution in [3.8, 4) is 0 Å².